The third kappa shape index (κ3) is 3.17. The minimum absolute atomic E-state index is 0.0768. The van der Waals surface area contributed by atoms with Gasteiger partial charge in [-0.1, -0.05) is 62.7 Å². The van der Waals surface area contributed by atoms with Crippen molar-refractivity contribution in [2.24, 2.45) is 5.92 Å². The van der Waals surface area contributed by atoms with E-state index >= 15 is 0 Å². The van der Waals surface area contributed by atoms with Crippen molar-refractivity contribution in [2.75, 3.05) is 5.32 Å². The van der Waals surface area contributed by atoms with Crippen LogP contribution in [0.3, 0.4) is 0 Å². The van der Waals surface area contributed by atoms with E-state index in [9.17, 15) is 9.90 Å². The van der Waals surface area contributed by atoms with Crippen LogP contribution in [-0.4, -0.2) is 27.1 Å². The maximum absolute atomic E-state index is 11.8. The first kappa shape index (κ1) is 18.0. The number of carboxylic acids is 1. The van der Waals surface area contributed by atoms with E-state index in [0.29, 0.717) is 28.3 Å². The molecule has 142 valence electrons. The second kappa shape index (κ2) is 7.31. The molecule has 6 nitrogen and oxygen atoms in total. The number of hydrogen-bond acceptors (Lipinski definition) is 5. The van der Waals surface area contributed by atoms with Crippen molar-refractivity contribution in [3.05, 3.63) is 54.6 Å². The fraction of sp³-hybridized carbons (Fsp3) is 0.227. The minimum Gasteiger partial charge on any atom is -0.480 e. The number of fused-ring (bicyclic) bond motifs is 3. The fourth-order valence-electron chi connectivity index (χ4n) is 3.24. The number of para-hydroxylation sites is 1. The highest BCUT2D eigenvalue weighted by atomic mass is 16.4. The Labute approximate surface area is 162 Å². The summed E-state index contributed by atoms with van der Waals surface area (Å²) in [5, 5.41) is 13.7. The number of aliphatic carboxylic acids is 1. The van der Waals surface area contributed by atoms with Crippen LogP contribution in [0.4, 0.5) is 5.82 Å². The number of benzene rings is 2. The highest BCUT2D eigenvalue weighted by molar-refractivity contribution is 6.06. The van der Waals surface area contributed by atoms with Crippen LogP contribution in [0.1, 0.15) is 20.3 Å². The highest BCUT2D eigenvalue weighted by Crippen LogP contribution is 2.33. The Bertz CT molecular complexity index is 1140. The van der Waals surface area contributed by atoms with E-state index in [4.69, 9.17) is 9.40 Å². The zero-order chi connectivity index (χ0) is 19.7. The van der Waals surface area contributed by atoms with Gasteiger partial charge in [-0.3, -0.25) is 0 Å². The number of nitrogens with zero attached hydrogens (tertiary/aromatic N) is 2. The number of carbonyl (C=O) groups is 1. The predicted molar refractivity (Wildman–Crippen MR) is 109 cm³/mol. The van der Waals surface area contributed by atoms with Gasteiger partial charge in [0, 0.05) is 10.9 Å². The zero-order valence-electron chi connectivity index (χ0n) is 15.7. The molecule has 0 unspecified atom stereocenters. The van der Waals surface area contributed by atoms with Gasteiger partial charge in [-0.25, -0.2) is 14.8 Å². The first-order valence-corrected chi connectivity index (χ1v) is 9.32. The summed E-state index contributed by atoms with van der Waals surface area (Å²) in [4.78, 5) is 21.2. The monoisotopic (exact) mass is 375 g/mol. The first-order chi connectivity index (χ1) is 13.6. The van der Waals surface area contributed by atoms with E-state index < -0.39 is 12.0 Å². The molecule has 4 rings (SSSR count). The second-order valence-electron chi connectivity index (χ2n) is 6.88. The topological polar surface area (TPSA) is 88.3 Å². The molecule has 4 aromatic rings. The molecule has 28 heavy (non-hydrogen) atoms. The van der Waals surface area contributed by atoms with Crippen LogP contribution in [0.2, 0.25) is 0 Å². The number of furan rings is 1. The molecule has 2 aromatic heterocycles. The molecule has 2 N–H and O–H groups in total. The van der Waals surface area contributed by atoms with E-state index in [1.807, 2.05) is 68.4 Å². The summed E-state index contributed by atoms with van der Waals surface area (Å²) in [6, 6.07) is 16.5. The number of aromatic nitrogens is 2. The lowest BCUT2D eigenvalue weighted by Crippen LogP contribution is -2.35. The van der Waals surface area contributed by atoms with Gasteiger partial charge in [-0.05, 0) is 18.1 Å². The van der Waals surface area contributed by atoms with Crippen molar-refractivity contribution in [3.8, 4) is 11.4 Å². The molecule has 2 atom stereocenters. The van der Waals surface area contributed by atoms with Crippen LogP contribution >= 0.6 is 0 Å². The fourth-order valence-corrected chi connectivity index (χ4v) is 3.24. The molecule has 0 spiro atoms. The molecule has 0 aliphatic carbocycles. The molecule has 2 aromatic carbocycles. The van der Waals surface area contributed by atoms with Gasteiger partial charge in [0.2, 0.25) is 0 Å². The summed E-state index contributed by atoms with van der Waals surface area (Å²) < 4.78 is 5.99. The van der Waals surface area contributed by atoms with E-state index in [1.165, 1.54) is 0 Å². The SMILES string of the molecule is CC[C@@H](C)[C@H](Nc1nc(-c2ccccc2)nc2c1oc1ccccc12)C(=O)O. The standard InChI is InChI=1S/C22H21N3O3/c1-3-13(2)17(22(26)27)23-21-19-18(15-11-7-8-12-16(15)28-19)24-20(25-21)14-9-5-4-6-10-14/h4-13,17H,3H2,1-2H3,(H,26,27)(H,23,24,25)/t13-,17+/m1/s1. The van der Waals surface area contributed by atoms with E-state index in [2.05, 4.69) is 10.3 Å². The number of rotatable bonds is 6. The molecule has 0 saturated carbocycles. The third-order valence-electron chi connectivity index (χ3n) is 5.02. The smallest absolute Gasteiger partial charge is 0.326 e. The maximum Gasteiger partial charge on any atom is 0.326 e. The largest absolute Gasteiger partial charge is 0.480 e. The Kier molecular flexibility index (Phi) is 4.69. The quantitative estimate of drug-likeness (QED) is 0.495. The lowest BCUT2D eigenvalue weighted by atomic mass is 9.99. The van der Waals surface area contributed by atoms with Crippen molar-refractivity contribution in [1.82, 2.24) is 9.97 Å². The van der Waals surface area contributed by atoms with E-state index in [0.717, 1.165) is 17.4 Å². The number of carboxylic acid groups (broad SMARTS) is 1. The molecule has 0 radical (unpaired) electrons. The molecular weight excluding hydrogens is 354 g/mol. The maximum atomic E-state index is 11.8. The summed E-state index contributed by atoms with van der Waals surface area (Å²) in [5.74, 6) is -0.0752. The highest BCUT2D eigenvalue weighted by Gasteiger charge is 2.26. The van der Waals surface area contributed by atoms with Crippen LogP contribution in [0.25, 0.3) is 33.5 Å². The van der Waals surface area contributed by atoms with Crippen molar-refractivity contribution in [3.63, 3.8) is 0 Å². The van der Waals surface area contributed by atoms with Crippen molar-refractivity contribution >= 4 is 33.9 Å². The summed E-state index contributed by atoms with van der Waals surface area (Å²) in [6.07, 6.45) is 0.726. The van der Waals surface area contributed by atoms with Crippen LogP contribution in [0.5, 0.6) is 0 Å². The summed E-state index contributed by atoms with van der Waals surface area (Å²) >= 11 is 0. The normalized spacial score (nSPS) is 13.5. The van der Waals surface area contributed by atoms with Gasteiger partial charge < -0.3 is 14.8 Å². The van der Waals surface area contributed by atoms with Gasteiger partial charge in [0.05, 0.1) is 0 Å². The molecule has 0 saturated heterocycles. The van der Waals surface area contributed by atoms with Gasteiger partial charge >= 0.3 is 5.97 Å². The first-order valence-electron chi connectivity index (χ1n) is 9.32. The molecule has 0 bridgehead atoms. The van der Waals surface area contributed by atoms with Gasteiger partial charge in [0.15, 0.2) is 17.2 Å². The molecule has 2 heterocycles. The van der Waals surface area contributed by atoms with Crippen LogP contribution < -0.4 is 5.32 Å². The van der Waals surface area contributed by atoms with Crippen LogP contribution in [-0.2, 0) is 4.79 Å². The van der Waals surface area contributed by atoms with Gasteiger partial charge in [-0.2, -0.15) is 0 Å². The lowest BCUT2D eigenvalue weighted by molar-refractivity contribution is -0.139. The van der Waals surface area contributed by atoms with E-state index in [-0.39, 0.29) is 5.92 Å². The zero-order valence-corrected chi connectivity index (χ0v) is 15.7. The van der Waals surface area contributed by atoms with Gasteiger partial charge in [0.25, 0.3) is 0 Å². The van der Waals surface area contributed by atoms with Crippen LogP contribution in [0.15, 0.2) is 59.0 Å². The third-order valence-corrected chi connectivity index (χ3v) is 5.02. The van der Waals surface area contributed by atoms with Crippen molar-refractivity contribution in [2.45, 2.75) is 26.3 Å². The molecule has 0 aliphatic heterocycles. The Hall–Kier alpha value is -3.41. The summed E-state index contributed by atoms with van der Waals surface area (Å²) in [5.41, 5.74) is 2.68. The summed E-state index contributed by atoms with van der Waals surface area (Å²) in [7, 11) is 0. The van der Waals surface area contributed by atoms with Gasteiger partial charge in [-0.15, -0.1) is 0 Å². The Morgan fingerprint density at radius 3 is 2.54 bits per heavy atom. The Balaban J connectivity index is 1.94. The molecule has 0 fully saturated rings. The molecule has 0 aliphatic rings. The summed E-state index contributed by atoms with van der Waals surface area (Å²) in [6.45, 7) is 3.87. The number of hydrogen-bond donors (Lipinski definition) is 2. The van der Waals surface area contributed by atoms with Gasteiger partial charge in [0.1, 0.15) is 17.1 Å². The van der Waals surface area contributed by atoms with Crippen molar-refractivity contribution < 1.29 is 14.3 Å². The molecule has 0 amide bonds. The van der Waals surface area contributed by atoms with E-state index in [1.54, 1.807) is 0 Å². The number of nitrogens with one attached hydrogen (secondary N) is 1. The average molecular weight is 375 g/mol. The van der Waals surface area contributed by atoms with Crippen LogP contribution in [0, 0.1) is 5.92 Å². The Morgan fingerprint density at radius 2 is 1.82 bits per heavy atom. The minimum atomic E-state index is -0.918. The van der Waals surface area contributed by atoms with Crippen molar-refractivity contribution in [1.29, 1.82) is 0 Å². The lowest BCUT2D eigenvalue weighted by Gasteiger charge is -2.20. The second-order valence-corrected chi connectivity index (χ2v) is 6.88. The number of anilines is 1. The Morgan fingerprint density at radius 1 is 1.11 bits per heavy atom. The molecule has 6 heteroatoms. The molecular formula is C22H21N3O3. The predicted octanol–water partition coefficient (Wildman–Crippen LogP) is 4.95. The average Bonchev–Trinajstić information content (AvgIpc) is 3.10.